The molecular formula is C24H24ClN3O. The molecule has 0 atom stereocenters. The molecular weight excluding hydrogens is 382 g/mol. The maximum Gasteiger partial charge on any atom is 0.255 e. The Kier molecular flexibility index (Phi) is 6.13. The maximum atomic E-state index is 12.4. The first-order chi connectivity index (χ1) is 14.2. The molecule has 3 aromatic carbocycles. The molecule has 1 fully saturated rings. The lowest BCUT2D eigenvalue weighted by molar-refractivity contribution is 0.102. The van der Waals surface area contributed by atoms with Gasteiger partial charge < -0.3 is 10.2 Å². The third-order valence-corrected chi connectivity index (χ3v) is 5.43. The molecule has 0 spiro atoms. The van der Waals surface area contributed by atoms with Crippen molar-refractivity contribution in [2.45, 2.75) is 6.54 Å². The summed E-state index contributed by atoms with van der Waals surface area (Å²) in [7, 11) is 0. The lowest BCUT2D eigenvalue weighted by Crippen LogP contribution is -2.45. The molecule has 3 aromatic rings. The predicted octanol–water partition coefficient (Wildman–Crippen LogP) is 4.91. The highest BCUT2D eigenvalue weighted by atomic mass is 35.5. The van der Waals surface area contributed by atoms with Crippen LogP contribution in [-0.2, 0) is 6.54 Å². The van der Waals surface area contributed by atoms with Gasteiger partial charge in [-0.15, -0.1) is 0 Å². The molecule has 0 saturated carbocycles. The second kappa shape index (κ2) is 9.12. The van der Waals surface area contributed by atoms with E-state index in [9.17, 15) is 4.79 Å². The van der Waals surface area contributed by atoms with Gasteiger partial charge in [0.05, 0.1) is 0 Å². The first kappa shape index (κ1) is 19.5. The molecule has 0 radical (unpaired) electrons. The van der Waals surface area contributed by atoms with Crippen molar-refractivity contribution in [2.24, 2.45) is 0 Å². The topological polar surface area (TPSA) is 35.6 Å². The molecule has 148 valence electrons. The third kappa shape index (κ3) is 5.17. The number of carbonyl (C=O) groups excluding carboxylic acids is 1. The Morgan fingerprint density at radius 1 is 0.862 bits per heavy atom. The van der Waals surface area contributed by atoms with Gasteiger partial charge in [-0.1, -0.05) is 48.0 Å². The molecule has 1 aliphatic rings. The van der Waals surface area contributed by atoms with Crippen molar-refractivity contribution in [1.82, 2.24) is 4.90 Å². The van der Waals surface area contributed by atoms with E-state index in [-0.39, 0.29) is 5.91 Å². The Morgan fingerprint density at radius 3 is 2.28 bits per heavy atom. The van der Waals surface area contributed by atoms with Crippen LogP contribution in [0.3, 0.4) is 0 Å². The van der Waals surface area contributed by atoms with Gasteiger partial charge in [0, 0.05) is 54.7 Å². The molecule has 0 aromatic heterocycles. The number of anilines is 2. The summed E-state index contributed by atoms with van der Waals surface area (Å²) in [5.74, 6) is -0.0853. The lowest BCUT2D eigenvalue weighted by atomic mass is 10.1. The highest BCUT2D eigenvalue weighted by molar-refractivity contribution is 6.30. The smallest absolute Gasteiger partial charge is 0.255 e. The van der Waals surface area contributed by atoms with Crippen molar-refractivity contribution in [2.75, 3.05) is 36.4 Å². The first-order valence-electron chi connectivity index (χ1n) is 9.85. The largest absolute Gasteiger partial charge is 0.369 e. The Balaban J connectivity index is 1.30. The summed E-state index contributed by atoms with van der Waals surface area (Å²) < 4.78 is 0. The van der Waals surface area contributed by atoms with Gasteiger partial charge >= 0.3 is 0 Å². The highest BCUT2D eigenvalue weighted by Crippen LogP contribution is 2.21. The fraction of sp³-hybridized carbons (Fsp3) is 0.208. The van der Waals surface area contributed by atoms with E-state index in [1.807, 2.05) is 72.8 Å². The molecule has 1 heterocycles. The summed E-state index contributed by atoms with van der Waals surface area (Å²) >= 11 is 6.11. The maximum absolute atomic E-state index is 12.4. The van der Waals surface area contributed by atoms with Crippen LogP contribution >= 0.6 is 11.6 Å². The summed E-state index contributed by atoms with van der Waals surface area (Å²) in [6.07, 6.45) is 0. The summed E-state index contributed by atoms with van der Waals surface area (Å²) in [5.41, 5.74) is 3.88. The molecule has 0 unspecified atom stereocenters. The number of para-hydroxylation sites is 1. The summed E-state index contributed by atoms with van der Waals surface area (Å²) in [5, 5.41) is 3.70. The minimum absolute atomic E-state index is 0.0853. The molecule has 4 rings (SSSR count). The molecule has 5 heteroatoms. The Hall–Kier alpha value is -2.82. The average molecular weight is 406 g/mol. The number of hydrogen-bond acceptors (Lipinski definition) is 3. The van der Waals surface area contributed by atoms with Crippen molar-refractivity contribution in [1.29, 1.82) is 0 Å². The van der Waals surface area contributed by atoms with Crippen molar-refractivity contribution in [3.05, 3.63) is 95.0 Å². The zero-order valence-corrected chi connectivity index (χ0v) is 17.0. The molecule has 0 aliphatic carbocycles. The van der Waals surface area contributed by atoms with E-state index in [0.29, 0.717) is 5.56 Å². The quantitative estimate of drug-likeness (QED) is 0.654. The predicted molar refractivity (Wildman–Crippen MR) is 120 cm³/mol. The van der Waals surface area contributed by atoms with E-state index in [1.54, 1.807) is 0 Å². The number of nitrogens with zero attached hydrogens (tertiary/aromatic N) is 2. The Morgan fingerprint density at radius 2 is 1.59 bits per heavy atom. The van der Waals surface area contributed by atoms with Gasteiger partial charge in [-0.2, -0.15) is 0 Å². The first-order valence-corrected chi connectivity index (χ1v) is 10.2. The van der Waals surface area contributed by atoms with E-state index in [4.69, 9.17) is 11.6 Å². The number of halogens is 1. The second-order valence-corrected chi connectivity index (χ2v) is 7.70. The monoisotopic (exact) mass is 405 g/mol. The van der Waals surface area contributed by atoms with E-state index < -0.39 is 0 Å². The fourth-order valence-corrected chi connectivity index (χ4v) is 3.77. The molecule has 29 heavy (non-hydrogen) atoms. The average Bonchev–Trinajstić information content (AvgIpc) is 2.75. The lowest BCUT2D eigenvalue weighted by Gasteiger charge is -2.36. The van der Waals surface area contributed by atoms with Crippen LogP contribution in [0.4, 0.5) is 11.4 Å². The molecule has 1 amide bonds. The zero-order chi connectivity index (χ0) is 20.1. The van der Waals surface area contributed by atoms with E-state index in [2.05, 4.69) is 21.2 Å². The molecule has 1 saturated heterocycles. The van der Waals surface area contributed by atoms with Gasteiger partial charge in [0.25, 0.3) is 5.91 Å². The Labute approximate surface area is 176 Å². The minimum Gasteiger partial charge on any atom is -0.369 e. The summed E-state index contributed by atoms with van der Waals surface area (Å²) in [6.45, 7) is 4.87. The van der Waals surface area contributed by atoms with E-state index in [1.165, 1.54) is 11.3 Å². The van der Waals surface area contributed by atoms with Gasteiger partial charge in [0.1, 0.15) is 0 Å². The highest BCUT2D eigenvalue weighted by Gasteiger charge is 2.17. The number of carbonyl (C=O) groups is 1. The standard InChI is InChI=1S/C24H24ClN3O/c25-21-5-4-8-23(17-21)28-15-13-27(14-16-28)18-19-9-11-20(12-10-19)24(29)26-22-6-2-1-3-7-22/h1-12,17H,13-16,18H2,(H,26,29). The number of nitrogens with one attached hydrogen (secondary N) is 1. The SMILES string of the molecule is O=C(Nc1ccccc1)c1ccc(CN2CCN(c3cccc(Cl)c3)CC2)cc1. The van der Waals surface area contributed by atoms with Crippen LogP contribution in [0, 0.1) is 0 Å². The number of benzene rings is 3. The number of hydrogen-bond donors (Lipinski definition) is 1. The molecule has 1 aliphatic heterocycles. The Bertz CT molecular complexity index is 951. The van der Waals surface area contributed by atoms with Gasteiger partial charge in [-0.25, -0.2) is 0 Å². The van der Waals surface area contributed by atoms with Crippen molar-refractivity contribution < 1.29 is 4.79 Å². The zero-order valence-electron chi connectivity index (χ0n) is 16.2. The third-order valence-electron chi connectivity index (χ3n) is 5.20. The van der Waals surface area contributed by atoms with Gasteiger partial charge in [0.2, 0.25) is 0 Å². The van der Waals surface area contributed by atoms with Crippen LogP contribution in [-0.4, -0.2) is 37.0 Å². The fourth-order valence-electron chi connectivity index (χ4n) is 3.58. The van der Waals surface area contributed by atoms with Gasteiger partial charge in [-0.3, -0.25) is 9.69 Å². The van der Waals surface area contributed by atoms with Crippen LogP contribution in [0.1, 0.15) is 15.9 Å². The minimum atomic E-state index is -0.0853. The van der Waals surface area contributed by atoms with Crippen molar-refractivity contribution in [3.63, 3.8) is 0 Å². The summed E-state index contributed by atoms with van der Waals surface area (Å²) in [4.78, 5) is 17.2. The van der Waals surface area contributed by atoms with E-state index >= 15 is 0 Å². The van der Waals surface area contributed by atoms with Gasteiger partial charge in [0.15, 0.2) is 0 Å². The van der Waals surface area contributed by atoms with Crippen LogP contribution < -0.4 is 10.2 Å². The van der Waals surface area contributed by atoms with Crippen LogP contribution in [0.15, 0.2) is 78.9 Å². The van der Waals surface area contributed by atoms with Crippen molar-refractivity contribution >= 4 is 28.9 Å². The number of rotatable bonds is 5. The second-order valence-electron chi connectivity index (χ2n) is 7.26. The van der Waals surface area contributed by atoms with Gasteiger partial charge in [-0.05, 0) is 48.0 Å². The molecule has 0 bridgehead atoms. The number of amides is 1. The van der Waals surface area contributed by atoms with Crippen LogP contribution in [0.2, 0.25) is 5.02 Å². The molecule has 4 nitrogen and oxygen atoms in total. The van der Waals surface area contributed by atoms with Crippen molar-refractivity contribution in [3.8, 4) is 0 Å². The summed E-state index contributed by atoms with van der Waals surface area (Å²) in [6, 6.07) is 25.4. The van der Waals surface area contributed by atoms with E-state index in [0.717, 1.165) is 43.4 Å². The van der Waals surface area contributed by atoms with Crippen LogP contribution in [0.25, 0.3) is 0 Å². The van der Waals surface area contributed by atoms with Crippen LogP contribution in [0.5, 0.6) is 0 Å². The normalized spacial score (nSPS) is 14.6. The number of piperazine rings is 1. The molecule has 1 N–H and O–H groups in total.